The second-order valence-corrected chi connectivity index (χ2v) is 4.34. The summed E-state index contributed by atoms with van der Waals surface area (Å²) in [6.07, 6.45) is 0. The number of anilines is 1. The van der Waals surface area contributed by atoms with Crippen molar-refractivity contribution in [3.8, 4) is 17.0 Å². The van der Waals surface area contributed by atoms with Gasteiger partial charge in [-0.05, 0) is 30.3 Å². The normalized spacial score (nSPS) is 10.3. The van der Waals surface area contributed by atoms with Crippen molar-refractivity contribution in [3.05, 3.63) is 36.0 Å². The van der Waals surface area contributed by atoms with Crippen LogP contribution in [0.1, 0.15) is 10.5 Å². The fourth-order valence-corrected chi connectivity index (χ4v) is 1.77. The largest absolute Gasteiger partial charge is 0.491 e. The number of carbonyl (C=O) groups excluding carboxylic acids is 1. The maximum absolute atomic E-state index is 11.5. The minimum Gasteiger partial charge on any atom is -0.491 e. The average molecular weight is 303 g/mol. The molecule has 1 aromatic carbocycles. The Labute approximate surface area is 127 Å². The summed E-state index contributed by atoms with van der Waals surface area (Å²) < 4.78 is 10.4. The van der Waals surface area contributed by atoms with Crippen LogP contribution in [0, 0.1) is 0 Å². The van der Waals surface area contributed by atoms with Crippen molar-refractivity contribution in [2.75, 3.05) is 26.1 Å². The number of aromatic nitrogens is 2. The number of nitrogens with zero attached hydrogens (tertiary/aromatic N) is 2. The van der Waals surface area contributed by atoms with E-state index in [2.05, 4.69) is 9.97 Å². The van der Waals surface area contributed by atoms with Crippen LogP contribution in [0.25, 0.3) is 11.3 Å². The third kappa shape index (κ3) is 3.90. The van der Waals surface area contributed by atoms with E-state index in [1.807, 2.05) is 17.6 Å². The van der Waals surface area contributed by atoms with Crippen molar-refractivity contribution in [2.45, 2.75) is 0 Å². The number of hydrazine groups is 1. The van der Waals surface area contributed by atoms with Gasteiger partial charge in [0.15, 0.2) is 0 Å². The van der Waals surface area contributed by atoms with Gasteiger partial charge in [0.1, 0.15) is 18.1 Å². The quantitative estimate of drug-likeness (QED) is 0.304. The zero-order valence-electron chi connectivity index (χ0n) is 12.1. The van der Waals surface area contributed by atoms with Gasteiger partial charge in [0, 0.05) is 12.7 Å². The molecule has 0 saturated heterocycles. The van der Waals surface area contributed by atoms with Gasteiger partial charge in [-0.15, -0.1) is 0 Å². The van der Waals surface area contributed by atoms with Crippen LogP contribution in [0.4, 0.5) is 5.95 Å². The Morgan fingerprint density at radius 2 is 1.95 bits per heavy atom. The van der Waals surface area contributed by atoms with E-state index in [1.165, 1.54) is 6.07 Å². The molecule has 22 heavy (non-hydrogen) atoms. The number of hydrogen-bond acceptors (Lipinski definition) is 7. The summed E-state index contributed by atoms with van der Waals surface area (Å²) in [6, 6.07) is 8.74. The number of benzene rings is 1. The van der Waals surface area contributed by atoms with Gasteiger partial charge >= 0.3 is 0 Å². The highest BCUT2D eigenvalue weighted by atomic mass is 16.5. The third-order valence-corrected chi connectivity index (χ3v) is 2.81. The molecule has 0 aliphatic carbocycles. The minimum absolute atomic E-state index is 0.00322. The van der Waals surface area contributed by atoms with Gasteiger partial charge in [-0.2, -0.15) is 0 Å². The highest BCUT2D eigenvalue weighted by Gasteiger charge is 2.10. The predicted octanol–water partition coefficient (Wildman–Crippen LogP) is 0.355. The van der Waals surface area contributed by atoms with E-state index in [4.69, 9.17) is 21.1 Å². The number of nitrogen functional groups attached to an aromatic ring is 2. The molecule has 1 heterocycles. The summed E-state index contributed by atoms with van der Waals surface area (Å²) in [6.45, 7) is 0.985. The molecular formula is C14H17N5O3. The van der Waals surface area contributed by atoms with Gasteiger partial charge in [-0.1, -0.05) is 0 Å². The van der Waals surface area contributed by atoms with Gasteiger partial charge in [0.05, 0.1) is 12.3 Å². The first-order chi connectivity index (χ1) is 10.6. The van der Waals surface area contributed by atoms with Crippen LogP contribution in [-0.4, -0.2) is 36.2 Å². The molecule has 0 fully saturated rings. The van der Waals surface area contributed by atoms with Crippen molar-refractivity contribution in [1.82, 2.24) is 15.4 Å². The average Bonchev–Trinajstić information content (AvgIpc) is 2.54. The molecule has 2 aromatic rings. The Morgan fingerprint density at radius 1 is 1.23 bits per heavy atom. The van der Waals surface area contributed by atoms with E-state index in [-0.39, 0.29) is 11.6 Å². The number of nitrogens with two attached hydrogens (primary N) is 2. The van der Waals surface area contributed by atoms with Crippen molar-refractivity contribution in [2.24, 2.45) is 5.84 Å². The standard InChI is InChI=1S/C14H17N5O3/c1-21-6-7-22-10-4-2-9(3-5-10)11-8-12(13(20)19-16)18-14(15)17-11/h2-5,8H,6-7,16H2,1H3,(H,19,20)(H2,15,17,18). The van der Waals surface area contributed by atoms with Crippen molar-refractivity contribution in [1.29, 1.82) is 0 Å². The number of methoxy groups -OCH3 is 1. The molecule has 2 rings (SSSR count). The number of nitrogens with one attached hydrogen (secondary N) is 1. The number of amides is 1. The van der Waals surface area contributed by atoms with Crippen LogP contribution in [0.5, 0.6) is 5.75 Å². The van der Waals surface area contributed by atoms with Crippen molar-refractivity contribution in [3.63, 3.8) is 0 Å². The summed E-state index contributed by atoms with van der Waals surface area (Å²) in [5.74, 6) is 5.27. The third-order valence-electron chi connectivity index (χ3n) is 2.81. The molecule has 0 aliphatic rings. The number of carbonyl (C=O) groups is 1. The summed E-state index contributed by atoms with van der Waals surface area (Å²) in [7, 11) is 1.61. The van der Waals surface area contributed by atoms with Crippen LogP contribution in [0.15, 0.2) is 30.3 Å². The van der Waals surface area contributed by atoms with E-state index in [1.54, 1.807) is 19.2 Å². The lowest BCUT2D eigenvalue weighted by Crippen LogP contribution is -2.31. The predicted molar refractivity (Wildman–Crippen MR) is 80.9 cm³/mol. The molecule has 0 saturated carbocycles. The summed E-state index contributed by atoms with van der Waals surface area (Å²) in [4.78, 5) is 19.5. The monoisotopic (exact) mass is 303 g/mol. The summed E-state index contributed by atoms with van der Waals surface area (Å²) in [5, 5.41) is 0. The summed E-state index contributed by atoms with van der Waals surface area (Å²) in [5.41, 5.74) is 9.03. The first-order valence-electron chi connectivity index (χ1n) is 6.51. The summed E-state index contributed by atoms with van der Waals surface area (Å²) >= 11 is 0. The van der Waals surface area contributed by atoms with Gasteiger partial charge in [-0.25, -0.2) is 15.8 Å². The van der Waals surface area contributed by atoms with E-state index in [0.717, 1.165) is 5.56 Å². The van der Waals surface area contributed by atoms with Gasteiger partial charge < -0.3 is 15.2 Å². The first kappa shape index (κ1) is 15.7. The molecule has 0 radical (unpaired) electrons. The van der Waals surface area contributed by atoms with E-state index in [0.29, 0.717) is 24.7 Å². The lowest BCUT2D eigenvalue weighted by atomic mass is 10.1. The Bertz CT molecular complexity index is 645. The molecule has 0 unspecified atom stereocenters. The number of ether oxygens (including phenoxy) is 2. The lowest BCUT2D eigenvalue weighted by molar-refractivity contribution is 0.0948. The Hall–Kier alpha value is -2.71. The lowest BCUT2D eigenvalue weighted by Gasteiger charge is -2.08. The van der Waals surface area contributed by atoms with Crippen LogP contribution in [0.3, 0.4) is 0 Å². The Kier molecular flexibility index (Phi) is 5.23. The molecule has 0 bridgehead atoms. The minimum atomic E-state index is -0.533. The Morgan fingerprint density at radius 3 is 2.59 bits per heavy atom. The zero-order valence-corrected chi connectivity index (χ0v) is 12.1. The fourth-order valence-electron chi connectivity index (χ4n) is 1.77. The zero-order chi connectivity index (χ0) is 15.9. The Balaban J connectivity index is 2.20. The van der Waals surface area contributed by atoms with E-state index >= 15 is 0 Å². The van der Waals surface area contributed by atoms with Crippen molar-refractivity contribution >= 4 is 11.9 Å². The van der Waals surface area contributed by atoms with Gasteiger partial charge in [-0.3, -0.25) is 10.2 Å². The topological polar surface area (TPSA) is 125 Å². The molecule has 1 amide bonds. The van der Waals surface area contributed by atoms with Crippen LogP contribution in [-0.2, 0) is 4.74 Å². The second-order valence-electron chi connectivity index (χ2n) is 4.34. The molecule has 0 atom stereocenters. The maximum Gasteiger partial charge on any atom is 0.283 e. The van der Waals surface area contributed by atoms with E-state index in [9.17, 15) is 4.79 Å². The number of rotatable bonds is 6. The maximum atomic E-state index is 11.5. The molecule has 8 heteroatoms. The molecule has 8 nitrogen and oxygen atoms in total. The number of hydrogen-bond donors (Lipinski definition) is 3. The fraction of sp³-hybridized carbons (Fsp3) is 0.214. The van der Waals surface area contributed by atoms with Gasteiger partial charge in [0.2, 0.25) is 5.95 Å². The van der Waals surface area contributed by atoms with Crippen LogP contribution >= 0.6 is 0 Å². The smallest absolute Gasteiger partial charge is 0.283 e. The molecule has 0 spiro atoms. The SMILES string of the molecule is COCCOc1ccc(-c2cc(C(=O)NN)nc(N)n2)cc1. The van der Waals surface area contributed by atoms with Crippen LogP contribution < -0.4 is 21.7 Å². The first-order valence-corrected chi connectivity index (χ1v) is 6.51. The van der Waals surface area contributed by atoms with E-state index < -0.39 is 5.91 Å². The van der Waals surface area contributed by atoms with Crippen LogP contribution in [0.2, 0.25) is 0 Å². The highest BCUT2D eigenvalue weighted by molar-refractivity contribution is 5.93. The second kappa shape index (κ2) is 7.34. The molecular weight excluding hydrogens is 286 g/mol. The molecule has 1 aromatic heterocycles. The van der Waals surface area contributed by atoms with Gasteiger partial charge in [0.25, 0.3) is 5.91 Å². The molecule has 0 aliphatic heterocycles. The molecule has 116 valence electrons. The molecule has 5 N–H and O–H groups in total. The highest BCUT2D eigenvalue weighted by Crippen LogP contribution is 2.22. The van der Waals surface area contributed by atoms with Crippen molar-refractivity contribution < 1.29 is 14.3 Å².